The molecule has 3 aliphatic rings. The standard InChI is InChI=1S/C17H19FN4O/c18-13-3-1-7-19-16(13)15-4-2-8-22(15)17(23)20-14-11-21-9-5-12(14)6-10-21/h1-4,7-8,12,14H,5-6,9-11H2,(H,20,23)/t14-/m0/s1. The summed E-state index contributed by atoms with van der Waals surface area (Å²) in [5.74, 6) is 0.123. The van der Waals surface area contributed by atoms with Gasteiger partial charge < -0.3 is 10.2 Å². The second kappa shape index (κ2) is 5.77. The van der Waals surface area contributed by atoms with Gasteiger partial charge in [0.25, 0.3) is 0 Å². The predicted octanol–water partition coefficient (Wildman–Crippen LogP) is 2.34. The average Bonchev–Trinajstić information content (AvgIpc) is 3.06. The molecule has 0 aliphatic carbocycles. The molecular weight excluding hydrogens is 295 g/mol. The number of piperidine rings is 3. The largest absolute Gasteiger partial charge is 0.333 e. The number of amides is 1. The first-order valence-corrected chi connectivity index (χ1v) is 8.04. The molecule has 2 bridgehead atoms. The summed E-state index contributed by atoms with van der Waals surface area (Å²) in [6, 6.07) is 6.30. The highest BCUT2D eigenvalue weighted by Gasteiger charge is 2.35. The van der Waals surface area contributed by atoms with Crippen LogP contribution in [0.3, 0.4) is 0 Å². The molecule has 3 fully saturated rings. The predicted molar refractivity (Wildman–Crippen MR) is 84.5 cm³/mol. The Morgan fingerprint density at radius 2 is 2.09 bits per heavy atom. The van der Waals surface area contributed by atoms with Gasteiger partial charge in [-0.2, -0.15) is 0 Å². The van der Waals surface area contributed by atoms with Gasteiger partial charge in [-0.3, -0.25) is 9.55 Å². The zero-order valence-electron chi connectivity index (χ0n) is 12.8. The Balaban J connectivity index is 1.56. The SMILES string of the molecule is O=C(N[C@H]1CN2CCC1CC2)n1cccc1-c1ncccc1F. The Bertz CT molecular complexity index is 721. The van der Waals surface area contributed by atoms with Crippen molar-refractivity contribution in [1.29, 1.82) is 0 Å². The van der Waals surface area contributed by atoms with Gasteiger partial charge in [-0.1, -0.05) is 0 Å². The fourth-order valence-electron chi connectivity index (χ4n) is 3.68. The highest BCUT2D eigenvalue weighted by molar-refractivity contribution is 5.82. The number of halogens is 1. The lowest BCUT2D eigenvalue weighted by atomic mass is 9.84. The number of carbonyl (C=O) groups is 1. The lowest BCUT2D eigenvalue weighted by Gasteiger charge is -2.44. The third-order valence-corrected chi connectivity index (χ3v) is 4.93. The number of hydrogen-bond acceptors (Lipinski definition) is 3. The van der Waals surface area contributed by atoms with Gasteiger partial charge in [-0.15, -0.1) is 0 Å². The fraction of sp³-hybridized carbons (Fsp3) is 0.412. The number of fused-ring (bicyclic) bond motifs is 3. The van der Waals surface area contributed by atoms with Gasteiger partial charge in [0.2, 0.25) is 0 Å². The second-order valence-electron chi connectivity index (χ2n) is 6.29. The van der Waals surface area contributed by atoms with Crippen molar-refractivity contribution < 1.29 is 9.18 Å². The van der Waals surface area contributed by atoms with Gasteiger partial charge in [0.15, 0.2) is 5.82 Å². The molecule has 0 spiro atoms. The van der Waals surface area contributed by atoms with Crippen molar-refractivity contribution in [2.75, 3.05) is 19.6 Å². The summed E-state index contributed by atoms with van der Waals surface area (Å²) >= 11 is 0. The summed E-state index contributed by atoms with van der Waals surface area (Å²) in [5.41, 5.74) is 0.670. The molecule has 120 valence electrons. The third-order valence-electron chi connectivity index (χ3n) is 4.93. The number of carbonyl (C=O) groups excluding carboxylic acids is 1. The minimum Gasteiger partial charge on any atom is -0.333 e. The number of nitrogens with one attached hydrogen (secondary N) is 1. The van der Waals surface area contributed by atoms with Crippen LogP contribution in [-0.2, 0) is 0 Å². The molecule has 5 nitrogen and oxygen atoms in total. The van der Waals surface area contributed by atoms with Crippen LogP contribution in [-0.4, -0.2) is 46.2 Å². The van der Waals surface area contributed by atoms with Crippen LogP contribution >= 0.6 is 0 Å². The monoisotopic (exact) mass is 314 g/mol. The van der Waals surface area contributed by atoms with E-state index < -0.39 is 5.82 Å². The molecule has 3 aliphatic heterocycles. The van der Waals surface area contributed by atoms with E-state index in [9.17, 15) is 9.18 Å². The van der Waals surface area contributed by atoms with Crippen molar-refractivity contribution in [3.05, 3.63) is 42.5 Å². The van der Waals surface area contributed by atoms with E-state index in [4.69, 9.17) is 0 Å². The Morgan fingerprint density at radius 3 is 2.78 bits per heavy atom. The molecule has 1 amide bonds. The number of aromatic nitrogens is 2. The molecule has 5 rings (SSSR count). The summed E-state index contributed by atoms with van der Waals surface area (Å²) < 4.78 is 15.4. The number of rotatable bonds is 2. The lowest BCUT2D eigenvalue weighted by Crippen LogP contribution is -2.57. The normalized spacial score (nSPS) is 26.2. The van der Waals surface area contributed by atoms with Crippen LogP contribution in [0.2, 0.25) is 0 Å². The average molecular weight is 314 g/mol. The van der Waals surface area contributed by atoms with Gasteiger partial charge in [0.1, 0.15) is 5.69 Å². The van der Waals surface area contributed by atoms with Crippen molar-refractivity contribution in [1.82, 2.24) is 19.8 Å². The quantitative estimate of drug-likeness (QED) is 0.925. The maximum Gasteiger partial charge on any atom is 0.326 e. The van der Waals surface area contributed by atoms with Crippen LogP contribution in [0.25, 0.3) is 11.4 Å². The smallest absolute Gasteiger partial charge is 0.326 e. The molecule has 2 aromatic rings. The van der Waals surface area contributed by atoms with Crippen LogP contribution in [0.4, 0.5) is 9.18 Å². The van der Waals surface area contributed by atoms with Crippen molar-refractivity contribution in [2.24, 2.45) is 5.92 Å². The lowest BCUT2D eigenvalue weighted by molar-refractivity contribution is 0.0767. The zero-order chi connectivity index (χ0) is 15.8. The van der Waals surface area contributed by atoms with Crippen LogP contribution in [0.5, 0.6) is 0 Å². The van der Waals surface area contributed by atoms with Gasteiger partial charge >= 0.3 is 6.03 Å². The van der Waals surface area contributed by atoms with Crippen LogP contribution in [0, 0.1) is 11.7 Å². The first kappa shape index (κ1) is 14.4. The molecule has 6 heteroatoms. The van der Waals surface area contributed by atoms with Crippen molar-refractivity contribution >= 4 is 6.03 Å². The summed E-state index contributed by atoms with van der Waals surface area (Å²) in [7, 11) is 0. The van der Waals surface area contributed by atoms with E-state index in [1.54, 1.807) is 24.4 Å². The molecule has 0 radical (unpaired) electrons. The van der Waals surface area contributed by atoms with Crippen molar-refractivity contribution in [3.63, 3.8) is 0 Å². The van der Waals surface area contributed by atoms with Gasteiger partial charge in [0, 0.05) is 25.0 Å². The molecule has 1 atom stereocenters. The molecule has 23 heavy (non-hydrogen) atoms. The first-order chi connectivity index (χ1) is 11.2. The molecular formula is C17H19FN4O. The molecule has 5 heterocycles. The van der Waals surface area contributed by atoms with E-state index in [2.05, 4.69) is 15.2 Å². The van der Waals surface area contributed by atoms with Gasteiger partial charge in [-0.05, 0) is 56.1 Å². The molecule has 0 unspecified atom stereocenters. The zero-order valence-corrected chi connectivity index (χ0v) is 12.8. The van der Waals surface area contributed by atoms with E-state index in [-0.39, 0.29) is 17.8 Å². The minimum absolute atomic E-state index is 0.175. The fourth-order valence-corrected chi connectivity index (χ4v) is 3.68. The molecule has 1 N–H and O–H groups in total. The minimum atomic E-state index is -0.428. The number of hydrogen-bond donors (Lipinski definition) is 1. The Hall–Kier alpha value is -2.21. The van der Waals surface area contributed by atoms with E-state index >= 15 is 0 Å². The maximum atomic E-state index is 14.0. The number of pyridine rings is 1. The molecule has 3 saturated heterocycles. The van der Waals surface area contributed by atoms with Crippen molar-refractivity contribution in [2.45, 2.75) is 18.9 Å². The molecule has 0 saturated carbocycles. The first-order valence-electron chi connectivity index (χ1n) is 8.04. The summed E-state index contributed by atoms with van der Waals surface area (Å²) in [6.07, 6.45) is 5.46. The number of nitrogens with zero attached hydrogens (tertiary/aromatic N) is 3. The van der Waals surface area contributed by atoms with E-state index in [1.807, 2.05) is 0 Å². The van der Waals surface area contributed by atoms with E-state index in [1.165, 1.54) is 16.8 Å². The van der Waals surface area contributed by atoms with E-state index in [0.717, 1.165) is 32.5 Å². The summed E-state index contributed by atoms with van der Waals surface area (Å²) in [5, 5.41) is 3.11. The van der Waals surface area contributed by atoms with Crippen LogP contribution < -0.4 is 5.32 Å². The Labute approximate surface area is 134 Å². The van der Waals surface area contributed by atoms with Crippen LogP contribution in [0.1, 0.15) is 12.8 Å². The maximum absolute atomic E-state index is 14.0. The molecule has 2 aromatic heterocycles. The summed E-state index contributed by atoms with van der Waals surface area (Å²) in [6.45, 7) is 3.17. The molecule has 0 aromatic carbocycles. The van der Waals surface area contributed by atoms with Crippen molar-refractivity contribution in [3.8, 4) is 11.4 Å². The highest BCUT2D eigenvalue weighted by atomic mass is 19.1. The summed E-state index contributed by atoms with van der Waals surface area (Å²) in [4.78, 5) is 19.1. The van der Waals surface area contributed by atoms with E-state index in [0.29, 0.717) is 11.6 Å². The third kappa shape index (κ3) is 2.63. The van der Waals surface area contributed by atoms with Gasteiger partial charge in [-0.25, -0.2) is 9.18 Å². The Kier molecular flexibility index (Phi) is 3.61. The Morgan fingerprint density at radius 1 is 1.26 bits per heavy atom. The second-order valence-corrected chi connectivity index (χ2v) is 6.29. The van der Waals surface area contributed by atoms with Gasteiger partial charge in [0.05, 0.1) is 5.69 Å². The highest BCUT2D eigenvalue weighted by Crippen LogP contribution is 2.28. The topological polar surface area (TPSA) is 50.2 Å². The van der Waals surface area contributed by atoms with Crippen LogP contribution in [0.15, 0.2) is 36.7 Å².